The van der Waals surface area contributed by atoms with E-state index in [0.29, 0.717) is 23.6 Å². The summed E-state index contributed by atoms with van der Waals surface area (Å²) in [6.07, 6.45) is 1.28. The van der Waals surface area contributed by atoms with E-state index in [2.05, 4.69) is 4.72 Å². The zero-order valence-electron chi connectivity index (χ0n) is 13.9. The first-order valence-electron chi connectivity index (χ1n) is 8.18. The zero-order valence-corrected chi connectivity index (χ0v) is 14.7. The van der Waals surface area contributed by atoms with Crippen molar-refractivity contribution in [2.45, 2.75) is 18.1 Å². The highest BCUT2D eigenvalue weighted by atomic mass is 32.2. The Kier molecular flexibility index (Phi) is 3.96. The third-order valence-corrected chi connectivity index (χ3v) is 6.14. The lowest BCUT2D eigenvalue weighted by Crippen LogP contribution is -2.32. The Morgan fingerprint density at radius 2 is 1.52 bits per heavy atom. The number of carbonyl (C=O) groups excluding carboxylic acids is 3. The second-order valence-corrected chi connectivity index (χ2v) is 8.21. The van der Waals surface area contributed by atoms with E-state index < -0.39 is 27.8 Å². The molecule has 1 aliphatic carbocycles. The first kappa shape index (κ1) is 17.2. The molecule has 1 N–H and O–H groups in total. The highest BCUT2D eigenvalue weighted by molar-refractivity contribution is 7.93. The lowest BCUT2D eigenvalue weighted by Gasteiger charge is -2.13. The normalized spacial score (nSPS) is 16.2. The summed E-state index contributed by atoms with van der Waals surface area (Å²) in [7, 11) is -3.40. The number of hydroxylamine groups is 2. The Labute approximate surface area is 154 Å². The van der Waals surface area contributed by atoms with Crippen LogP contribution in [0.1, 0.15) is 43.9 Å². The molecule has 9 heteroatoms. The first-order chi connectivity index (χ1) is 12.9. The molecule has 2 aliphatic rings. The van der Waals surface area contributed by atoms with Gasteiger partial charge in [-0.2, -0.15) is 0 Å². The third kappa shape index (κ3) is 3.17. The fourth-order valence-corrected chi connectivity index (χ4v) is 4.07. The van der Waals surface area contributed by atoms with Crippen LogP contribution in [0.25, 0.3) is 0 Å². The van der Waals surface area contributed by atoms with E-state index in [9.17, 15) is 22.8 Å². The molecule has 8 nitrogen and oxygen atoms in total. The molecule has 1 saturated carbocycles. The number of nitrogens with zero attached hydrogens (tertiary/aromatic N) is 1. The molecule has 0 spiro atoms. The molecule has 0 radical (unpaired) electrons. The molecule has 27 heavy (non-hydrogen) atoms. The van der Waals surface area contributed by atoms with E-state index in [1.807, 2.05) is 0 Å². The van der Waals surface area contributed by atoms with Gasteiger partial charge in [-0.25, -0.2) is 13.2 Å². The molecule has 1 heterocycles. The van der Waals surface area contributed by atoms with Crippen LogP contribution in [0.15, 0.2) is 48.5 Å². The largest absolute Gasteiger partial charge is 0.363 e. The Morgan fingerprint density at radius 3 is 2.04 bits per heavy atom. The molecule has 0 atom stereocenters. The van der Waals surface area contributed by atoms with Crippen molar-refractivity contribution in [3.05, 3.63) is 65.2 Å². The molecule has 4 rings (SSSR count). The number of imide groups is 1. The minimum Gasteiger partial charge on any atom is -0.324 e. The van der Waals surface area contributed by atoms with Crippen molar-refractivity contribution in [3.63, 3.8) is 0 Å². The van der Waals surface area contributed by atoms with Gasteiger partial charge in [0.1, 0.15) is 0 Å². The lowest BCUT2D eigenvalue weighted by atomic mass is 10.1. The van der Waals surface area contributed by atoms with Gasteiger partial charge in [0.05, 0.1) is 21.9 Å². The average Bonchev–Trinajstić information content (AvgIpc) is 3.48. The maximum absolute atomic E-state index is 12.3. The van der Waals surface area contributed by atoms with Gasteiger partial charge in [-0.1, -0.05) is 17.2 Å². The number of sulfonamides is 1. The first-order valence-corrected chi connectivity index (χ1v) is 9.73. The second kappa shape index (κ2) is 6.20. The van der Waals surface area contributed by atoms with Gasteiger partial charge in [0.2, 0.25) is 10.0 Å². The van der Waals surface area contributed by atoms with E-state index in [-0.39, 0.29) is 21.9 Å². The number of hydrogen-bond donors (Lipinski definition) is 1. The van der Waals surface area contributed by atoms with Gasteiger partial charge in [-0.3, -0.25) is 14.3 Å². The second-order valence-electron chi connectivity index (χ2n) is 6.25. The van der Waals surface area contributed by atoms with Crippen LogP contribution in [0.2, 0.25) is 0 Å². The van der Waals surface area contributed by atoms with E-state index in [4.69, 9.17) is 4.84 Å². The molecular weight excluding hydrogens is 372 g/mol. The predicted octanol–water partition coefficient (Wildman–Crippen LogP) is 1.96. The van der Waals surface area contributed by atoms with Crippen molar-refractivity contribution in [2.24, 2.45) is 0 Å². The maximum Gasteiger partial charge on any atom is 0.363 e. The predicted molar refractivity (Wildman–Crippen MR) is 94.4 cm³/mol. The van der Waals surface area contributed by atoms with Crippen molar-refractivity contribution in [1.82, 2.24) is 5.06 Å². The van der Waals surface area contributed by atoms with Crippen molar-refractivity contribution in [2.75, 3.05) is 4.72 Å². The summed E-state index contributed by atoms with van der Waals surface area (Å²) in [5.74, 6) is -2.32. The Hall–Kier alpha value is -3.20. The Bertz CT molecular complexity index is 1020. The van der Waals surface area contributed by atoms with Crippen LogP contribution in [0, 0.1) is 0 Å². The summed E-state index contributed by atoms with van der Waals surface area (Å²) >= 11 is 0. The number of amides is 2. The van der Waals surface area contributed by atoms with Gasteiger partial charge in [0.25, 0.3) is 11.8 Å². The van der Waals surface area contributed by atoms with Gasteiger partial charge >= 0.3 is 5.97 Å². The summed E-state index contributed by atoms with van der Waals surface area (Å²) in [4.78, 5) is 41.6. The van der Waals surface area contributed by atoms with Crippen LogP contribution in [-0.2, 0) is 14.9 Å². The fourth-order valence-electron chi connectivity index (χ4n) is 2.69. The molecule has 0 saturated heterocycles. The monoisotopic (exact) mass is 386 g/mol. The molecule has 2 aromatic rings. The van der Waals surface area contributed by atoms with Crippen LogP contribution in [-0.4, -0.2) is 36.5 Å². The Balaban J connectivity index is 1.46. The molecule has 0 aromatic heterocycles. The summed E-state index contributed by atoms with van der Waals surface area (Å²) in [5.41, 5.74) is 0.723. The summed E-state index contributed by atoms with van der Waals surface area (Å²) in [5, 5.41) is 0.0624. The van der Waals surface area contributed by atoms with Crippen LogP contribution in [0.4, 0.5) is 5.69 Å². The number of hydrogen-bond acceptors (Lipinski definition) is 6. The molecule has 2 amide bonds. The fraction of sp³-hybridized carbons (Fsp3) is 0.167. The third-order valence-electron chi connectivity index (χ3n) is 4.27. The molecular formula is C18H14N2O6S. The number of benzene rings is 2. The van der Waals surface area contributed by atoms with E-state index >= 15 is 0 Å². The lowest BCUT2D eigenvalue weighted by molar-refractivity contribution is -0.0584. The van der Waals surface area contributed by atoms with Gasteiger partial charge < -0.3 is 4.84 Å². The van der Waals surface area contributed by atoms with E-state index in [0.717, 1.165) is 0 Å². The molecule has 0 unspecified atom stereocenters. The van der Waals surface area contributed by atoms with Crippen LogP contribution in [0.3, 0.4) is 0 Å². The van der Waals surface area contributed by atoms with Crippen LogP contribution in [0.5, 0.6) is 0 Å². The van der Waals surface area contributed by atoms with Crippen molar-refractivity contribution >= 4 is 33.5 Å². The van der Waals surface area contributed by atoms with Crippen molar-refractivity contribution < 1.29 is 27.6 Å². The summed E-state index contributed by atoms with van der Waals surface area (Å²) in [6, 6.07) is 11.7. The minimum absolute atomic E-state index is 0.0703. The Morgan fingerprint density at radius 1 is 0.963 bits per heavy atom. The molecule has 138 valence electrons. The summed E-state index contributed by atoms with van der Waals surface area (Å²) in [6.45, 7) is 0. The molecule has 0 bridgehead atoms. The van der Waals surface area contributed by atoms with Gasteiger partial charge in [0, 0.05) is 5.69 Å². The highest BCUT2D eigenvalue weighted by Gasteiger charge is 2.39. The zero-order chi connectivity index (χ0) is 19.2. The quantitative estimate of drug-likeness (QED) is 0.787. The van der Waals surface area contributed by atoms with Crippen LogP contribution >= 0.6 is 0 Å². The molecule has 1 aliphatic heterocycles. The molecule has 2 aromatic carbocycles. The van der Waals surface area contributed by atoms with E-state index in [1.165, 1.54) is 36.4 Å². The van der Waals surface area contributed by atoms with Gasteiger partial charge in [0.15, 0.2) is 0 Å². The highest BCUT2D eigenvalue weighted by Crippen LogP contribution is 2.30. The van der Waals surface area contributed by atoms with Crippen molar-refractivity contribution in [1.29, 1.82) is 0 Å². The SMILES string of the molecule is O=C(ON1C(=O)c2ccccc2C1=O)c1ccc(NS(=O)(=O)C2CC2)cc1. The number of carbonyl (C=O) groups is 3. The summed E-state index contributed by atoms with van der Waals surface area (Å²) < 4.78 is 26.3. The number of nitrogens with one attached hydrogen (secondary N) is 1. The number of rotatable bonds is 5. The van der Waals surface area contributed by atoms with Gasteiger partial charge in [-0.05, 0) is 49.2 Å². The standard InChI is InChI=1S/C18H14N2O6S/c21-16-14-3-1-2-4-15(14)17(22)20(16)26-18(23)11-5-7-12(8-6-11)19-27(24,25)13-9-10-13/h1-8,13,19H,9-10H2. The van der Waals surface area contributed by atoms with E-state index in [1.54, 1.807) is 12.1 Å². The van der Waals surface area contributed by atoms with Crippen LogP contribution < -0.4 is 4.72 Å². The smallest absolute Gasteiger partial charge is 0.324 e. The number of anilines is 1. The maximum atomic E-state index is 12.3. The average molecular weight is 386 g/mol. The van der Waals surface area contributed by atoms with Gasteiger partial charge in [-0.15, -0.1) is 0 Å². The topological polar surface area (TPSA) is 110 Å². The van der Waals surface area contributed by atoms with Crippen molar-refractivity contribution in [3.8, 4) is 0 Å². The number of fused-ring (bicyclic) bond motifs is 1. The molecule has 1 fully saturated rings. The minimum atomic E-state index is -3.40.